The minimum Gasteiger partial charge on any atom is -0.481 e. The van der Waals surface area contributed by atoms with Gasteiger partial charge in [-0.3, -0.25) is 4.79 Å². The number of carboxylic acids is 1. The van der Waals surface area contributed by atoms with E-state index in [1.165, 1.54) is 0 Å². The number of hydrogen-bond donors (Lipinski definition) is 2. The minimum atomic E-state index is -2.77. The summed E-state index contributed by atoms with van der Waals surface area (Å²) in [5.41, 5.74) is 6.28. The quantitative estimate of drug-likeness (QED) is 0.811. The van der Waals surface area contributed by atoms with Gasteiger partial charge in [0, 0.05) is 18.5 Å². The van der Waals surface area contributed by atoms with E-state index in [0.29, 0.717) is 11.3 Å². The van der Waals surface area contributed by atoms with Crippen molar-refractivity contribution in [1.29, 1.82) is 0 Å². The molecular weight excluding hydrogens is 252 g/mol. The highest BCUT2D eigenvalue weighted by Crippen LogP contribution is 2.47. The summed E-state index contributed by atoms with van der Waals surface area (Å²) in [6.07, 6.45) is -0.981. The summed E-state index contributed by atoms with van der Waals surface area (Å²) in [7, 11) is 0. The Kier molecular flexibility index (Phi) is 3.24. The minimum absolute atomic E-state index is 0.0804. The summed E-state index contributed by atoms with van der Waals surface area (Å²) >= 11 is 0. The van der Waals surface area contributed by atoms with Crippen molar-refractivity contribution in [2.45, 2.75) is 43.9 Å². The molecule has 1 aromatic carbocycles. The van der Waals surface area contributed by atoms with Crippen LogP contribution in [0.2, 0.25) is 0 Å². The fourth-order valence-electron chi connectivity index (χ4n) is 2.73. The lowest BCUT2D eigenvalue weighted by Crippen LogP contribution is -2.43. The molecule has 2 rings (SSSR count). The maximum atomic E-state index is 13.3. The van der Waals surface area contributed by atoms with Gasteiger partial charge in [-0.2, -0.15) is 0 Å². The van der Waals surface area contributed by atoms with Gasteiger partial charge in [-0.25, -0.2) is 8.78 Å². The molecule has 0 amide bonds. The topological polar surface area (TPSA) is 63.3 Å². The van der Waals surface area contributed by atoms with Gasteiger partial charge < -0.3 is 10.8 Å². The Balaban J connectivity index is 2.47. The van der Waals surface area contributed by atoms with Crippen molar-refractivity contribution < 1.29 is 18.7 Å². The summed E-state index contributed by atoms with van der Waals surface area (Å²) in [4.78, 5) is 11.7. The lowest BCUT2D eigenvalue weighted by atomic mass is 9.67. The van der Waals surface area contributed by atoms with Gasteiger partial charge in [0.15, 0.2) is 0 Å². The molecule has 3 nitrogen and oxygen atoms in total. The number of halogens is 2. The molecule has 0 heterocycles. The monoisotopic (exact) mass is 269 g/mol. The molecule has 0 bridgehead atoms. The average molecular weight is 269 g/mol. The van der Waals surface area contributed by atoms with Crippen molar-refractivity contribution in [2.75, 3.05) is 5.73 Å². The molecule has 0 atom stereocenters. The van der Waals surface area contributed by atoms with Crippen LogP contribution in [0, 0.1) is 6.92 Å². The number of aliphatic carboxylic acids is 1. The van der Waals surface area contributed by atoms with Gasteiger partial charge in [0.1, 0.15) is 0 Å². The SMILES string of the molecule is Cc1ccc(N)c(C2(C(=O)O)CCC(F)(F)CC2)c1. The number of nitrogens with two attached hydrogens (primary N) is 1. The lowest BCUT2D eigenvalue weighted by Gasteiger charge is -2.37. The van der Waals surface area contributed by atoms with Crippen molar-refractivity contribution in [3.63, 3.8) is 0 Å². The van der Waals surface area contributed by atoms with Gasteiger partial charge in [-0.1, -0.05) is 17.7 Å². The zero-order valence-corrected chi connectivity index (χ0v) is 10.7. The third-order valence-corrected chi connectivity index (χ3v) is 3.97. The van der Waals surface area contributed by atoms with E-state index in [0.717, 1.165) is 5.56 Å². The summed E-state index contributed by atoms with van der Waals surface area (Å²) in [6, 6.07) is 5.13. The fourth-order valence-corrected chi connectivity index (χ4v) is 2.73. The number of carboxylic acid groups (broad SMARTS) is 1. The summed E-state index contributed by atoms with van der Waals surface area (Å²) in [5.74, 6) is -3.84. The smallest absolute Gasteiger partial charge is 0.314 e. The van der Waals surface area contributed by atoms with Gasteiger partial charge in [0.05, 0.1) is 5.41 Å². The maximum Gasteiger partial charge on any atom is 0.314 e. The van der Waals surface area contributed by atoms with Gasteiger partial charge >= 0.3 is 5.97 Å². The van der Waals surface area contributed by atoms with Crippen molar-refractivity contribution in [2.24, 2.45) is 0 Å². The molecule has 3 N–H and O–H groups in total. The van der Waals surface area contributed by atoms with E-state index < -0.39 is 30.1 Å². The third kappa shape index (κ3) is 2.41. The van der Waals surface area contributed by atoms with E-state index in [1.54, 1.807) is 18.2 Å². The van der Waals surface area contributed by atoms with Crippen LogP contribution >= 0.6 is 0 Å². The van der Waals surface area contributed by atoms with Crippen LogP contribution in [-0.2, 0) is 10.2 Å². The first kappa shape index (κ1) is 13.8. The van der Waals surface area contributed by atoms with Crippen LogP contribution in [0.25, 0.3) is 0 Å². The van der Waals surface area contributed by atoms with Crippen LogP contribution in [0.5, 0.6) is 0 Å². The predicted molar refractivity (Wildman–Crippen MR) is 68.3 cm³/mol. The second-order valence-electron chi connectivity index (χ2n) is 5.33. The van der Waals surface area contributed by atoms with E-state index in [-0.39, 0.29) is 12.8 Å². The molecule has 1 saturated carbocycles. The normalized spacial score (nSPS) is 21.0. The van der Waals surface area contributed by atoms with E-state index >= 15 is 0 Å². The molecule has 0 aliphatic heterocycles. The molecular formula is C14H17F2NO2. The number of benzene rings is 1. The van der Waals surface area contributed by atoms with E-state index in [4.69, 9.17) is 5.73 Å². The second kappa shape index (κ2) is 4.47. The zero-order chi connectivity index (χ0) is 14.3. The maximum absolute atomic E-state index is 13.3. The van der Waals surface area contributed by atoms with Crippen LogP contribution < -0.4 is 5.73 Å². The van der Waals surface area contributed by atoms with Crippen LogP contribution in [0.3, 0.4) is 0 Å². The number of carbonyl (C=O) groups is 1. The standard InChI is InChI=1S/C14H17F2NO2/c1-9-2-3-11(17)10(8-9)13(12(18)19)4-6-14(15,16)7-5-13/h2-3,8H,4-7,17H2,1H3,(H,18,19). The molecule has 0 radical (unpaired) electrons. The highest BCUT2D eigenvalue weighted by atomic mass is 19.3. The van der Waals surface area contributed by atoms with Crippen LogP contribution in [0.4, 0.5) is 14.5 Å². The van der Waals surface area contributed by atoms with Crippen LogP contribution in [0.1, 0.15) is 36.8 Å². The van der Waals surface area contributed by atoms with Crippen LogP contribution in [-0.4, -0.2) is 17.0 Å². The number of aryl methyl sites for hydroxylation is 1. The summed E-state index contributed by atoms with van der Waals surface area (Å²) in [5, 5.41) is 9.53. The van der Waals surface area contributed by atoms with E-state index in [9.17, 15) is 18.7 Å². The van der Waals surface area contributed by atoms with Crippen molar-refractivity contribution in [3.05, 3.63) is 29.3 Å². The zero-order valence-electron chi connectivity index (χ0n) is 10.7. The molecule has 1 fully saturated rings. The molecule has 1 aliphatic rings. The molecule has 5 heteroatoms. The van der Waals surface area contributed by atoms with Gasteiger partial charge in [-0.15, -0.1) is 0 Å². The first-order valence-corrected chi connectivity index (χ1v) is 6.25. The van der Waals surface area contributed by atoms with Crippen LogP contribution in [0.15, 0.2) is 18.2 Å². The van der Waals surface area contributed by atoms with Gasteiger partial charge in [-0.05, 0) is 31.4 Å². The fraction of sp³-hybridized carbons (Fsp3) is 0.500. The molecule has 19 heavy (non-hydrogen) atoms. The Hall–Kier alpha value is -1.65. The average Bonchev–Trinajstić information content (AvgIpc) is 2.33. The Morgan fingerprint density at radius 2 is 1.84 bits per heavy atom. The van der Waals surface area contributed by atoms with Gasteiger partial charge in [0.2, 0.25) is 5.92 Å². The van der Waals surface area contributed by atoms with Crippen molar-refractivity contribution in [1.82, 2.24) is 0 Å². The molecule has 0 aromatic heterocycles. The predicted octanol–water partition coefficient (Wildman–Crippen LogP) is 3.11. The van der Waals surface area contributed by atoms with Gasteiger partial charge in [0.25, 0.3) is 0 Å². The first-order chi connectivity index (χ1) is 8.77. The van der Waals surface area contributed by atoms with Crippen molar-refractivity contribution in [3.8, 4) is 0 Å². The van der Waals surface area contributed by atoms with Crippen molar-refractivity contribution >= 4 is 11.7 Å². The highest BCUT2D eigenvalue weighted by Gasteiger charge is 2.49. The lowest BCUT2D eigenvalue weighted by molar-refractivity contribution is -0.149. The molecule has 0 unspecified atom stereocenters. The summed E-state index contributed by atoms with van der Waals surface area (Å²) in [6.45, 7) is 1.83. The van der Waals surface area contributed by atoms with E-state index in [2.05, 4.69) is 0 Å². The Morgan fingerprint density at radius 3 is 2.37 bits per heavy atom. The molecule has 0 spiro atoms. The molecule has 104 valence electrons. The highest BCUT2D eigenvalue weighted by molar-refractivity contribution is 5.84. The summed E-state index contributed by atoms with van der Waals surface area (Å²) < 4.78 is 26.6. The Morgan fingerprint density at radius 1 is 1.26 bits per heavy atom. The number of hydrogen-bond acceptors (Lipinski definition) is 2. The van der Waals surface area contributed by atoms with E-state index in [1.807, 2.05) is 6.92 Å². The molecule has 0 saturated heterocycles. The Labute approximate surface area is 110 Å². The first-order valence-electron chi connectivity index (χ1n) is 6.25. The number of rotatable bonds is 2. The Bertz CT molecular complexity index is 504. The number of anilines is 1. The molecule has 1 aliphatic carbocycles. The third-order valence-electron chi connectivity index (χ3n) is 3.97. The molecule has 1 aromatic rings. The number of nitrogen functional groups attached to an aromatic ring is 1. The largest absolute Gasteiger partial charge is 0.481 e. The second-order valence-corrected chi connectivity index (χ2v) is 5.33. The number of alkyl halides is 2.